The summed E-state index contributed by atoms with van der Waals surface area (Å²) >= 11 is 2.36. The first kappa shape index (κ1) is 15.9. The van der Waals surface area contributed by atoms with Crippen molar-refractivity contribution >= 4 is 32.6 Å². The molecule has 0 unspecified atom stereocenters. The third-order valence-electron chi connectivity index (χ3n) is 2.68. The zero-order valence-corrected chi connectivity index (χ0v) is 13.6. The van der Waals surface area contributed by atoms with E-state index in [9.17, 15) is 8.42 Å². The molecule has 0 atom stereocenters. The quantitative estimate of drug-likeness (QED) is 0.427. The Morgan fingerprint density at radius 1 is 1.06 bits per heavy atom. The number of aryl methyl sites for hydroxylation is 1. The third-order valence-corrected chi connectivity index (χ3v) is 4.92. The minimum atomic E-state index is -3.32. The van der Waals surface area contributed by atoms with Gasteiger partial charge in [-0.3, -0.25) is 0 Å². The molecule has 0 fully saturated rings. The van der Waals surface area contributed by atoms with Crippen LogP contribution < -0.4 is 4.72 Å². The lowest BCUT2D eigenvalue weighted by Crippen LogP contribution is -2.24. The molecule has 1 aromatic carbocycles. The number of alkyl halides is 1. The van der Waals surface area contributed by atoms with Crippen LogP contribution in [0.2, 0.25) is 0 Å². The van der Waals surface area contributed by atoms with Gasteiger partial charge in [0.1, 0.15) is 0 Å². The topological polar surface area (TPSA) is 46.2 Å². The number of hydrogen-bond acceptors (Lipinski definition) is 2. The van der Waals surface area contributed by atoms with Crippen LogP contribution in [0.5, 0.6) is 0 Å². The molecular formula is C13H20INO2S. The number of nitrogens with one attached hydrogen (secondary N) is 1. The Labute approximate surface area is 124 Å². The summed E-state index contributed by atoms with van der Waals surface area (Å²) in [6, 6.07) is 6.92. The summed E-state index contributed by atoms with van der Waals surface area (Å²) in [4.78, 5) is 0.348. The van der Waals surface area contributed by atoms with Crippen LogP contribution in [-0.4, -0.2) is 19.4 Å². The van der Waals surface area contributed by atoms with Crippen molar-refractivity contribution in [1.29, 1.82) is 0 Å². The number of rotatable bonds is 8. The number of hydrogen-bond donors (Lipinski definition) is 1. The summed E-state index contributed by atoms with van der Waals surface area (Å²) in [7, 11) is -3.32. The van der Waals surface area contributed by atoms with E-state index in [-0.39, 0.29) is 0 Å². The molecule has 1 aromatic rings. The van der Waals surface area contributed by atoms with Gasteiger partial charge in [0.25, 0.3) is 0 Å². The molecule has 0 amide bonds. The van der Waals surface area contributed by atoms with Gasteiger partial charge in [-0.05, 0) is 36.3 Å². The van der Waals surface area contributed by atoms with Crippen molar-refractivity contribution in [3.05, 3.63) is 29.8 Å². The van der Waals surface area contributed by atoms with Crippen LogP contribution in [0.4, 0.5) is 0 Å². The van der Waals surface area contributed by atoms with Gasteiger partial charge >= 0.3 is 0 Å². The molecule has 0 spiro atoms. The van der Waals surface area contributed by atoms with Crippen molar-refractivity contribution in [3.8, 4) is 0 Å². The first-order chi connectivity index (χ1) is 8.56. The van der Waals surface area contributed by atoms with Crippen molar-refractivity contribution in [2.75, 3.05) is 11.0 Å². The Bertz CT molecular complexity index is 443. The zero-order valence-electron chi connectivity index (χ0n) is 10.7. The van der Waals surface area contributed by atoms with Gasteiger partial charge < -0.3 is 0 Å². The van der Waals surface area contributed by atoms with E-state index in [0.29, 0.717) is 11.4 Å². The number of unbranched alkanes of at least 4 members (excludes halogenated alkanes) is 3. The van der Waals surface area contributed by atoms with E-state index in [1.54, 1.807) is 12.1 Å². The fourth-order valence-corrected chi connectivity index (χ4v) is 3.19. The molecule has 0 aliphatic carbocycles. The third kappa shape index (κ3) is 5.67. The average Bonchev–Trinajstić information content (AvgIpc) is 2.34. The van der Waals surface area contributed by atoms with Gasteiger partial charge in [-0.25, -0.2) is 13.1 Å². The van der Waals surface area contributed by atoms with Gasteiger partial charge in [0, 0.05) is 6.54 Å². The summed E-state index contributed by atoms with van der Waals surface area (Å²) in [5.41, 5.74) is 1.06. The molecule has 0 aliphatic heterocycles. The highest BCUT2D eigenvalue weighted by molar-refractivity contribution is 14.1. The van der Waals surface area contributed by atoms with E-state index >= 15 is 0 Å². The average molecular weight is 381 g/mol. The fraction of sp³-hybridized carbons (Fsp3) is 0.538. The first-order valence-electron chi connectivity index (χ1n) is 6.18. The van der Waals surface area contributed by atoms with Crippen LogP contribution in [0.25, 0.3) is 0 Å². The zero-order chi connectivity index (χ0) is 13.4. The maximum Gasteiger partial charge on any atom is 0.240 e. The normalized spacial score (nSPS) is 11.7. The molecule has 5 heteroatoms. The monoisotopic (exact) mass is 381 g/mol. The van der Waals surface area contributed by atoms with Gasteiger partial charge in [-0.2, -0.15) is 0 Å². The summed E-state index contributed by atoms with van der Waals surface area (Å²) in [5.74, 6) is 0. The maximum absolute atomic E-state index is 11.9. The molecule has 102 valence electrons. The van der Waals surface area contributed by atoms with E-state index in [0.717, 1.165) is 18.4 Å². The number of benzene rings is 1. The molecule has 0 saturated heterocycles. The van der Waals surface area contributed by atoms with Crippen LogP contribution >= 0.6 is 22.6 Å². The minimum absolute atomic E-state index is 0.348. The first-order valence-corrected chi connectivity index (χ1v) is 9.19. The van der Waals surface area contributed by atoms with Gasteiger partial charge in [0.15, 0.2) is 0 Å². The molecular weight excluding hydrogens is 361 g/mol. The second-order valence-electron chi connectivity index (χ2n) is 4.31. The lowest BCUT2D eigenvalue weighted by molar-refractivity contribution is 0.574. The van der Waals surface area contributed by atoms with E-state index in [2.05, 4.69) is 27.3 Å². The molecule has 1 rings (SSSR count). The Morgan fingerprint density at radius 2 is 1.67 bits per heavy atom. The van der Waals surface area contributed by atoms with Crippen LogP contribution in [0.3, 0.4) is 0 Å². The lowest BCUT2D eigenvalue weighted by atomic mass is 10.2. The molecule has 1 N–H and O–H groups in total. The number of sulfonamides is 1. The van der Waals surface area contributed by atoms with Crippen LogP contribution in [0.1, 0.15) is 31.2 Å². The molecule has 3 nitrogen and oxygen atoms in total. The Hall–Kier alpha value is -0.140. The highest BCUT2D eigenvalue weighted by Crippen LogP contribution is 2.10. The smallest absolute Gasteiger partial charge is 0.211 e. The van der Waals surface area contributed by atoms with Crippen molar-refractivity contribution in [1.82, 2.24) is 4.72 Å². The van der Waals surface area contributed by atoms with Crippen molar-refractivity contribution in [2.45, 2.75) is 37.5 Å². The van der Waals surface area contributed by atoms with Gasteiger partial charge in [-0.1, -0.05) is 53.1 Å². The summed E-state index contributed by atoms with van der Waals surface area (Å²) < 4.78 is 27.7. The van der Waals surface area contributed by atoms with E-state index in [1.165, 1.54) is 17.3 Å². The van der Waals surface area contributed by atoms with Crippen molar-refractivity contribution < 1.29 is 8.42 Å². The van der Waals surface area contributed by atoms with Gasteiger partial charge in [-0.15, -0.1) is 0 Å². The van der Waals surface area contributed by atoms with Crippen molar-refractivity contribution in [3.63, 3.8) is 0 Å². The predicted octanol–water partition coefficient (Wildman–Crippen LogP) is 3.27. The lowest BCUT2D eigenvalue weighted by Gasteiger charge is -2.06. The molecule has 18 heavy (non-hydrogen) atoms. The predicted molar refractivity (Wildman–Crippen MR) is 83.7 cm³/mol. The maximum atomic E-state index is 11.9. The van der Waals surface area contributed by atoms with E-state index in [1.807, 2.05) is 19.1 Å². The van der Waals surface area contributed by atoms with Crippen LogP contribution in [-0.2, 0) is 10.0 Å². The fourth-order valence-electron chi connectivity index (χ4n) is 1.58. The minimum Gasteiger partial charge on any atom is -0.211 e. The molecule has 0 bridgehead atoms. The highest BCUT2D eigenvalue weighted by atomic mass is 127. The standard InChI is InChI=1S/C13H20INO2S/c1-12-6-8-13(9-7-12)18(16,17)15-11-5-3-2-4-10-14/h6-9,15H,2-5,10-11H2,1H3. The second kappa shape index (κ2) is 8.12. The SMILES string of the molecule is Cc1ccc(S(=O)(=O)NCCCCCCI)cc1. The molecule has 0 radical (unpaired) electrons. The summed E-state index contributed by atoms with van der Waals surface area (Å²) in [6.07, 6.45) is 4.38. The molecule has 0 aromatic heterocycles. The Morgan fingerprint density at radius 3 is 2.28 bits per heavy atom. The molecule has 0 aliphatic rings. The largest absolute Gasteiger partial charge is 0.240 e. The second-order valence-corrected chi connectivity index (χ2v) is 7.16. The van der Waals surface area contributed by atoms with Crippen molar-refractivity contribution in [2.24, 2.45) is 0 Å². The Balaban J connectivity index is 2.38. The summed E-state index contributed by atoms with van der Waals surface area (Å²) in [5, 5.41) is 0. The summed E-state index contributed by atoms with van der Waals surface area (Å²) in [6.45, 7) is 2.47. The molecule has 0 saturated carbocycles. The molecule has 0 heterocycles. The van der Waals surface area contributed by atoms with Crippen LogP contribution in [0, 0.1) is 6.92 Å². The van der Waals surface area contributed by atoms with E-state index in [4.69, 9.17) is 0 Å². The van der Waals surface area contributed by atoms with E-state index < -0.39 is 10.0 Å². The Kier molecular flexibility index (Phi) is 7.18. The highest BCUT2D eigenvalue weighted by Gasteiger charge is 2.12. The van der Waals surface area contributed by atoms with Gasteiger partial charge in [0.2, 0.25) is 10.0 Å². The van der Waals surface area contributed by atoms with Crippen LogP contribution in [0.15, 0.2) is 29.2 Å². The number of halogens is 1. The van der Waals surface area contributed by atoms with Gasteiger partial charge in [0.05, 0.1) is 4.90 Å².